The van der Waals surface area contributed by atoms with Crippen LogP contribution in [0.4, 0.5) is 5.69 Å². The quantitative estimate of drug-likeness (QED) is 0.413. The maximum Gasteiger partial charge on any atom is 0.265 e. The number of carbonyl (C=O) groups excluding carboxylic acids is 2. The van der Waals surface area contributed by atoms with Gasteiger partial charge in [-0.05, 0) is 50.1 Å². The number of aryl methyl sites for hydroxylation is 1. The Bertz CT molecular complexity index is 1260. The summed E-state index contributed by atoms with van der Waals surface area (Å²) in [6.45, 7) is 5.62. The summed E-state index contributed by atoms with van der Waals surface area (Å²) in [5, 5.41) is 3.52. The van der Waals surface area contributed by atoms with E-state index in [0.29, 0.717) is 28.0 Å². The number of para-hydroxylation sites is 1. The molecular formula is C26H23NO4. The van der Waals surface area contributed by atoms with Gasteiger partial charge in [-0.3, -0.25) is 9.59 Å². The number of amides is 1. The van der Waals surface area contributed by atoms with Crippen LogP contribution in [0.15, 0.2) is 77.2 Å². The summed E-state index contributed by atoms with van der Waals surface area (Å²) in [4.78, 5) is 26.1. The molecule has 0 fully saturated rings. The van der Waals surface area contributed by atoms with Crippen LogP contribution >= 0.6 is 0 Å². The second-order valence-corrected chi connectivity index (χ2v) is 7.44. The topological polar surface area (TPSA) is 68.5 Å². The number of hydrogen-bond donors (Lipinski definition) is 1. The molecule has 0 saturated heterocycles. The first-order valence-electron chi connectivity index (χ1n) is 10.1. The molecule has 5 nitrogen and oxygen atoms in total. The fourth-order valence-corrected chi connectivity index (χ4v) is 3.37. The molecule has 0 aliphatic heterocycles. The Kier molecular flexibility index (Phi) is 5.58. The number of ether oxygens (including phenoxy) is 1. The van der Waals surface area contributed by atoms with E-state index in [1.54, 1.807) is 37.3 Å². The van der Waals surface area contributed by atoms with E-state index in [-0.39, 0.29) is 17.5 Å². The molecule has 0 bridgehead atoms. The van der Waals surface area contributed by atoms with E-state index in [2.05, 4.69) is 5.32 Å². The van der Waals surface area contributed by atoms with Gasteiger partial charge in [-0.25, -0.2) is 0 Å². The second-order valence-electron chi connectivity index (χ2n) is 7.44. The van der Waals surface area contributed by atoms with Crippen molar-refractivity contribution in [2.75, 3.05) is 5.32 Å². The SMILES string of the molecule is Cc1cccc(O[C@@H](C)C(=O)Nc2c(C(=O)c3ccccc3)oc3ccccc23)c1C. The minimum Gasteiger partial charge on any atom is -0.481 e. The number of hydrogen-bond acceptors (Lipinski definition) is 4. The number of ketones is 1. The van der Waals surface area contributed by atoms with E-state index < -0.39 is 6.10 Å². The summed E-state index contributed by atoms with van der Waals surface area (Å²) in [6, 6.07) is 21.8. The van der Waals surface area contributed by atoms with E-state index in [4.69, 9.17) is 9.15 Å². The molecule has 4 aromatic rings. The van der Waals surface area contributed by atoms with Gasteiger partial charge in [0.05, 0.1) is 5.69 Å². The van der Waals surface area contributed by atoms with Crippen molar-refractivity contribution in [1.29, 1.82) is 0 Å². The van der Waals surface area contributed by atoms with E-state index in [1.165, 1.54) is 0 Å². The van der Waals surface area contributed by atoms with Crippen molar-refractivity contribution in [2.45, 2.75) is 26.9 Å². The van der Waals surface area contributed by atoms with E-state index in [1.807, 2.05) is 56.3 Å². The van der Waals surface area contributed by atoms with Crippen LogP contribution in [0.2, 0.25) is 0 Å². The monoisotopic (exact) mass is 413 g/mol. The van der Waals surface area contributed by atoms with Crippen molar-refractivity contribution in [3.05, 3.63) is 95.2 Å². The van der Waals surface area contributed by atoms with Gasteiger partial charge in [-0.2, -0.15) is 0 Å². The molecule has 1 atom stereocenters. The Labute approximate surface area is 180 Å². The van der Waals surface area contributed by atoms with Gasteiger partial charge < -0.3 is 14.5 Å². The molecule has 4 rings (SSSR count). The van der Waals surface area contributed by atoms with Crippen LogP contribution in [0.1, 0.15) is 34.2 Å². The average Bonchev–Trinajstić information content (AvgIpc) is 3.15. The highest BCUT2D eigenvalue weighted by atomic mass is 16.5. The Hall–Kier alpha value is -3.86. The Balaban J connectivity index is 1.65. The van der Waals surface area contributed by atoms with Crippen molar-refractivity contribution < 1.29 is 18.7 Å². The van der Waals surface area contributed by atoms with Gasteiger partial charge in [0.25, 0.3) is 5.91 Å². The van der Waals surface area contributed by atoms with Gasteiger partial charge in [-0.15, -0.1) is 0 Å². The molecule has 31 heavy (non-hydrogen) atoms. The maximum atomic E-state index is 13.1. The zero-order valence-electron chi connectivity index (χ0n) is 17.6. The number of carbonyl (C=O) groups is 2. The number of furan rings is 1. The lowest BCUT2D eigenvalue weighted by Gasteiger charge is -2.17. The maximum absolute atomic E-state index is 13.1. The molecule has 0 saturated carbocycles. The molecular weight excluding hydrogens is 390 g/mol. The van der Waals surface area contributed by atoms with Gasteiger partial charge in [0.2, 0.25) is 5.78 Å². The third-order valence-electron chi connectivity index (χ3n) is 5.31. The van der Waals surface area contributed by atoms with Gasteiger partial charge in [0.1, 0.15) is 11.3 Å². The lowest BCUT2D eigenvalue weighted by Crippen LogP contribution is -2.30. The van der Waals surface area contributed by atoms with Gasteiger partial charge in [0, 0.05) is 10.9 Å². The Morgan fingerprint density at radius 1 is 0.903 bits per heavy atom. The number of benzene rings is 3. The van der Waals surface area contributed by atoms with Crippen LogP contribution in [0.25, 0.3) is 11.0 Å². The normalized spacial score (nSPS) is 11.8. The van der Waals surface area contributed by atoms with Crippen LogP contribution in [0.5, 0.6) is 5.75 Å². The highest BCUT2D eigenvalue weighted by molar-refractivity contribution is 6.17. The van der Waals surface area contributed by atoms with Gasteiger partial charge >= 0.3 is 0 Å². The molecule has 0 aliphatic carbocycles. The van der Waals surface area contributed by atoms with Crippen molar-refractivity contribution >= 4 is 28.3 Å². The first-order valence-corrected chi connectivity index (χ1v) is 10.1. The molecule has 0 aliphatic rings. The Morgan fingerprint density at radius 2 is 1.61 bits per heavy atom. The van der Waals surface area contributed by atoms with Crippen LogP contribution in [0, 0.1) is 13.8 Å². The predicted octanol–water partition coefficient (Wildman–Crippen LogP) is 5.69. The fourth-order valence-electron chi connectivity index (χ4n) is 3.37. The zero-order chi connectivity index (χ0) is 22.0. The van der Waals surface area contributed by atoms with Crippen molar-refractivity contribution in [1.82, 2.24) is 0 Å². The van der Waals surface area contributed by atoms with Gasteiger partial charge in [0.15, 0.2) is 11.9 Å². The molecule has 156 valence electrons. The van der Waals surface area contributed by atoms with Crippen LogP contribution < -0.4 is 10.1 Å². The summed E-state index contributed by atoms with van der Waals surface area (Å²) >= 11 is 0. The molecule has 1 N–H and O–H groups in total. The zero-order valence-corrected chi connectivity index (χ0v) is 17.6. The standard InChI is InChI=1S/C26H23NO4/c1-16-10-9-15-21(17(16)2)30-18(3)26(29)27-23-20-13-7-8-14-22(20)31-25(23)24(28)19-11-5-4-6-12-19/h4-15,18H,1-3H3,(H,27,29)/t18-/m0/s1. The summed E-state index contributed by atoms with van der Waals surface area (Å²) in [7, 11) is 0. The summed E-state index contributed by atoms with van der Waals surface area (Å²) < 4.78 is 11.8. The molecule has 5 heteroatoms. The van der Waals surface area contributed by atoms with Crippen LogP contribution in [0.3, 0.4) is 0 Å². The molecule has 0 radical (unpaired) electrons. The van der Waals surface area contributed by atoms with E-state index >= 15 is 0 Å². The highest BCUT2D eigenvalue weighted by Gasteiger charge is 2.25. The minimum absolute atomic E-state index is 0.0969. The lowest BCUT2D eigenvalue weighted by atomic mass is 10.1. The molecule has 1 heterocycles. The van der Waals surface area contributed by atoms with Crippen molar-refractivity contribution in [3.8, 4) is 5.75 Å². The summed E-state index contributed by atoms with van der Waals surface area (Å²) in [6.07, 6.45) is -0.770. The number of fused-ring (bicyclic) bond motifs is 1. The highest BCUT2D eigenvalue weighted by Crippen LogP contribution is 2.33. The first kappa shape index (κ1) is 20.4. The second kappa shape index (κ2) is 8.48. The van der Waals surface area contributed by atoms with E-state index in [0.717, 1.165) is 11.1 Å². The van der Waals surface area contributed by atoms with Crippen molar-refractivity contribution in [2.24, 2.45) is 0 Å². The van der Waals surface area contributed by atoms with Crippen LogP contribution in [-0.4, -0.2) is 17.8 Å². The lowest BCUT2D eigenvalue weighted by molar-refractivity contribution is -0.122. The molecule has 0 unspecified atom stereocenters. The largest absolute Gasteiger partial charge is 0.481 e. The average molecular weight is 413 g/mol. The van der Waals surface area contributed by atoms with Gasteiger partial charge in [-0.1, -0.05) is 54.6 Å². The predicted molar refractivity (Wildman–Crippen MR) is 121 cm³/mol. The number of nitrogens with one attached hydrogen (secondary N) is 1. The third-order valence-corrected chi connectivity index (χ3v) is 5.31. The van der Waals surface area contributed by atoms with Crippen molar-refractivity contribution in [3.63, 3.8) is 0 Å². The summed E-state index contributed by atoms with van der Waals surface area (Å²) in [5.74, 6) is 0.0877. The molecule has 1 amide bonds. The molecule has 3 aromatic carbocycles. The third kappa shape index (κ3) is 4.08. The summed E-state index contributed by atoms with van der Waals surface area (Å²) in [5.41, 5.74) is 3.43. The minimum atomic E-state index is -0.770. The molecule has 1 aromatic heterocycles. The smallest absolute Gasteiger partial charge is 0.265 e. The first-order chi connectivity index (χ1) is 15.0. The van der Waals surface area contributed by atoms with Crippen LogP contribution in [-0.2, 0) is 4.79 Å². The fraction of sp³-hybridized carbons (Fsp3) is 0.154. The number of anilines is 1. The Morgan fingerprint density at radius 3 is 2.39 bits per heavy atom. The molecule has 0 spiro atoms. The van der Waals surface area contributed by atoms with E-state index in [9.17, 15) is 9.59 Å². The number of rotatable bonds is 6.